The van der Waals surface area contributed by atoms with E-state index in [0.717, 1.165) is 49.1 Å². The Morgan fingerprint density at radius 1 is 1.15 bits per heavy atom. The molecule has 6 rings (SSSR count). The van der Waals surface area contributed by atoms with E-state index in [-0.39, 0.29) is 11.0 Å². The summed E-state index contributed by atoms with van der Waals surface area (Å²) in [6.45, 7) is 5.05. The van der Waals surface area contributed by atoms with Gasteiger partial charge >= 0.3 is 0 Å². The third kappa shape index (κ3) is 3.19. The van der Waals surface area contributed by atoms with Crippen molar-refractivity contribution in [1.29, 1.82) is 0 Å². The Labute approximate surface area is 187 Å². The number of hydrogen-bond acceptors (Lipinski definition) is 6. The van der Waals surface area contributed by atoms with Crippen molar-refractivity contribution in [2.45, 2.75) is 19.4 Å². The van der Waals surface area contributed by atoms with E-state index in [1.54, 1.807) is 25.5 Å². The first-order valence-electron chi connectivity index (χ1n) is 10.7. The Balaban J connectivity index is 1.39. The molecule has 10 heteroatoms. The molecule has 0 radical (unpaired) electrons. The van der Waals surface area contributed by atoms with Gasteiger partial charge in [0.05, 0.1) is 41.9 Å². The van der Waals surface area contributed by atoms with Gasteiger partial charge in [-0.3, -0.25) is 4.40 Å². The van der Waals surface area contributed by atoms with Gasteiger partial charge in [-0.1, -0.05) is 18.2 Å². The van der Waals surface area contributed by atoms with Crippen LogP contribution in [0.2, 0.25) is 0 Å². The zero-order valence-electron chi connectivity index (χ0n) is 17.8. The van der Waals surface area contributed by atoms with Gasteiger partial charge < -0.3 is 15.0 Å². The second-order valence-electron chi connectivity index (χ2n) is 8.88. The first-order chi connectivity index (χ1) is 15.9. The number of aromatic nitrogens is 4. The molecule has 0 saturated carbocycles. The number of rotatable bonds is 5. The minimum Gasteiger partial charge on any atom is -0.380 e. The molecule has 7 nitrogen and oxygen atoms in total. The van der Waals surface area contributed by atoms with Crippen molar-refractivity contribution < 1.29 is 17.9 Å². The predicted octanol–water partition coefficient (Wildman–Crippen LogP) is 4.36. The molecule has 0 amide bonds. The highest BCUT2D eigenvalue weighted by Gasteiger charge is 2.49. The zero-order chi connectivity index (χ0) is 22.7. The van der Waals surface area contributed by atoms with E-state index in [0.29, 0.717) is 11.6 Å². The fourth-order valence-electron chi connectivity index (χ4n) is 4.68. The molecule has 4 aromatic rings. The van der Waals surface area contributed by atoms with Crippen molar-refractivity contribution in [3.8, 4) is 0 Å². The monoisotopic (exact) mass is 454 g/mol. The van der Waals surface area contributed by atoms with Gasteiger partial charge in [0.15, 0.2) is 0 Å². The van der Waals surface area contributed by atoms with Crippen LogP contribution in [0.15, 0.2) is 42.9 Å². The first-order valence-corrected chi connectivity index (χ1v) is 10.7. The molecule has 2 saturated heterocycles. The molecule has 1 spiro atoms. The minimum absolute atomic E-state index is 0.148. The Bertz CT molecular complexity index is 1360. The standard InChI is InChI=1S/C23H21F3N6O/c1-13(14-3-2-4-15(19(14)24)20(25)26)29-21-16-7-18(31-9-23(10-31)11-33-12-23)28-8-17(16)32-6-5-27-22(32)30-21/h2-8,13,20H,9-12H2,1H3,(H,27,29,30). The molecule has 1 unspecified atom stereocenters. The highest BCUT2D eigenvalue weighted by Crippen LogP contribution is 2.40. The van der Waals surface area contributed by atoms with Gasteiger partial charge in [0.2, 0.25) is 5.78 Å². The van der Waals surface area contributed by atoms with Crippen LogP contribution >= 0.6 is 0 Å². The number of alkyl halides is 2. The average Bonchev–Trinajstić information content (AvgIpc) is 3.20. The number of benzene rings is 1. The van der Waals surface area contributed by atoms with Gasteiger partial charge in [0.1, 0.15) is 17.5 Å². The highest BCUT2D eigenvalue weighted by atomic mass is 19.3. The van der Waals surface area contributed by atoms with Crippen LogP contribution in [0.25, 0.3) is 16.7 Å². The van der Waals surface area contributed by atoms with E-state index in [1.807, 2.05) is 10.5 Å². The third-order valence-electron chi connectivity index (χ3n) is 6.52. The van der Waals surface area contributed by atoms with Crippen LogP contribution in [-0.4, -0.2) is 45.7 Å². The summed E-state index contributed by atoms with van der Waals surface area (Å²) in [4.78, 5) is 15.7. The molecule has 0 aliphatic carbocycles. The molecule has 2 aliphatic rings. The van der Waals surface area contributed by atoms with E-state index in [1.165, 1.54) is 12.1 Å². The van der Waals surface area contributed by atoms with Crippen LogP contribution < -0.4 is 10.2 Å². The van der Waals surface area contributed by atoms with E-state index in [2.05, 4.69) is 25.2 Å². The van der Waals surface area contributed by atoms with Gasteiger partial charge in [-0.15, -0.1) is 0 Å². The summed E-state index contributed by atoms with van der Waals surface area (Å²) >= 11 is 0. The third-order valence-corrected chi connectivity index (χ3v) is 6.52. The van der Waals surface area contributed by atoms with E-state index in [9.17, 15) is 13.2 Å². The van der Waals surface area contributed by atoms with Gasteiger partial charge in [-0.25, -0.2) is 23.1 Å². The minimum atomic E-state index is -2.88. The van der Waals surface area contributed by atoms with Gasteiger partial charge in [-0.05, 0) is 13.0 Å². The van der Waals surface area contributed by atoms with Crippen molar-refractivity contribution in [3.63, 3.8) is 0 Å². The van der Waals surface area contributed by atoms with Crippen molar-refractivity contribution in [2.24, 2.45) is 5.41 Å². The summed E-state index contributed by atoms with van der Waals surface area (Å²) in [6, 6.07) is 5.39. The molecule has 3 aromatic heterocycles. The lowest BCUT2D eigenvalue weighted by atomic mass is 9.78. The van der Waals surface area contributed by atoms with Crippen LogP contribution in [-0.2, 0) is 4.74 Å². The normalized spacial score (nSPS) is 18.0. The number of halogens is 3. The lowest BCUT2D eigenvalue weighted by molar-refractivity contribution is -0.127. The number of anilines is 2. The second-order valence-corrected chi connectivity index (χ2v) is 8.88. The lowest BCUT2D eigenvalue weighted by Gasteiger charge is -2.55. The fraction of sp³-hybridized carbons (Fsp3) is 0.348. The second kappa shape index (κ2) is 7.31. The summed E-state index contributed by atoms with van der Waals surface area (Å²) in [6.07, 6.45) is 2.34. The summed E-state index contributed by atoms with van der Waals surface area (Å²) < 4.78 is 48.3. The average molecular weight is 454 g/mol. The van der Waals surface area contributed by atoms with Crippen LogP contribution in [0, 0.1) is 11.2 Å². The molecule has 33 heavy (non-hydrogen) atoms. The van der Waals surface area contributed by atoms with E-state index in [4.69, 9.17) is 4.74 Å². The SMILES string of the molecule is CC(Nc1nc2nccn2c2cnc(N3CC4(COC4)C3)cc12)c1cccc(C(F)F)c1F. The number of ether oxygens (including phenoxy) is 1. The number of nitrogens with zero attached hydrogens (tertiary/aromatic N) is 5. The summed E-state index contributed by atoms with van der Waals surface area (Å²) in [5, 5.41) is 4.00. The number of hydrogen-bond donors (Lipinski definition) is 1. The summed E-state index contributed by atoms with van der Waals surface area (Å²) in [5.41, 5.74) is 0.571. The maximum atomic E-state index is 14.7. The summed E-state index contributed by atoms with van der Waals surface area (Å²) in [7, 11) is 0. The zero-order valence-corrected chi connectivity index (χ0v) is 17.8. The Morgan fingerprint density at radius 2 is 1.94 bits per heavy atom. The summed E-state index contributed by atoms with van der Waals surface area (Å²) in [5.74, 6) is 0.865. The molecule has 170 valence electrons. The van der Waals surface area contributed by atoms with Crippen molar-refractivity contribution >= 4 is 28.3 Å². The highest BCUT2D eigenvalue weighted by molar-refractivity contribution is 5.92. The van der Waals surface area contributed by atoms with Crippen LogP contribution in [0.4, 0.5) is 24.8 Å². The van der Waals surface area contributed by atoms with Crippen molar-refractivity contribution in [3.05, 3.63) is 59.8 Å². The Hall–Kier alpha value is -3.40. The van der Waals surface area contributed by atoms with Gasteiger partial charge in [0, 0.05) is 36.4 Å². The molecular formula is C23H21F3N6O. The Morgan fingerprint density at radius 3 is 2.67 bits per heavy atom. The van der Waals surface area contributed by atoms with Crippen molar-refractivity contribution in [1.82, 2.24) is 19.4 Å². The number of nitrogens with one attached hydrogen (secondary N) is 1. The number of imidazole rings is 1. The lowest BCUT2D eigenvalue weighted by Crippen LogP contribution is -2.66. The first kappa shape index (κ1) is 20.2. The molecule has 1 aromatic carbocycles. The molecule has 1 N–H and O–H groups in total. The molecule has 2 aliphatic heterocycles. The van der Waals surface area contributed by atoms with Gasteiger partial charge in [0.25, 0.3) is 6.43 Å². The van der Waals surface area contributed by atoms with E-state index < -0.39 is 23.8 Å². The quantitative estimate of drug-likeness (QED) is 0.483. The number of pyridine rings is 1. The maximum Gasteiger partial charge on any atom is 0.266 e. The largest absolute Gasteiger partial charge is 0.380 e. The molecular weight excluding hydrogens is 433 g/mol. The van der Waals surface area contributed by atoms with Crippen LogP contribution in [0.1, 0.15) is 30.5 Å². The Kier molecular flexibility index (Phi) is 4.48. The smallest absolute Gasteiger partial charge is 0.266 e. The molecule has 1 atom stereocenters. The fourth-order valence-corrected chi connectivity index (χ4v) is 4.68. The molecule has 5 heterocycles. The van der Waals surface area contributed by atoms with E-state index >= 15 is 0 Å². The van der Waals surface area contributed by atoms with Crippen LogP contribution in [0.5, 0.6) is 0 Å². The predicted molar refractivity (Wildman–Crippen MR) is 117 cm³/mol. The molecule has 2 fully saturated rings. The van der Waals surface area contributed by atoms with Crippen LogP contribution in [0.3, 0.4) is 0 Å². The topological polar surface area (TPSA) is 67.6 Å². The van der Waals surface area contributed by atoms with Gasteiger partial charge in [-0.2, -0.15) is 4.98 Å². The van der Waals surface area contributed by atoms with Crippen molar-refractivity contribution in [2.75, 3.05) is 36.5 Å². The maximum absolute atomic E-state index is 14.7. The molecule has 0 bridgehead atoms. The number of fused-ring (bicyclic) bond motifs is 3.